The van der Waals surface area contributed by atoms with Gasteiger partial charge >= 0.3 is 0 Å². The van der Waals surface area contributed by atoms with Gasteiger partial charge in [0.15, 0.2) is 0 Å². The molecule has 2 aromatic carbocycles. The third-order valence-electron chi connectivity index (χ3n) is 5.48. The van der Waals surface area contributed by atoms with Crippen molar-refractivity contribution < 1.29 is 0 Å². The van der Waals surface area contributed by atoms with Crippen LogP contribution in [0.4, 0.5) is 0 Å². The Morgan fingerprint density at radius 3 is 1.30 bits per heavy atom. The lowest BCUT2D eigenvalue weighted by Crippen LogP contribution is -2.58. The average Bonchev–Trinajstić information content (AvgIpc) is 2.62. The molecule has 0 aliphatic carbocycles. The molecule has 0 radical (unpaired) electrons. The number of rotatable bonds is 10. The Labute approximate surface area is 143 Å². The maximum Gasteiger partial charge on any atom is 0.0544 e. The lowest BCUT2D eigenvalue weighted by molar-refractivity contribution is 0.744. The summed E-state index contributed by atoms with van der Waals surface area (Å²) in [6.45, 7) is 4.60. The van der Waals surface area contributed by atoms with Crippen molar-refractivity contribution in [1.82, 2.24) is 0 Å². The molecule has 23 heavy (non-hydrogen) atoms. The van der Waals surface area contributed by atoms with Crippen LogP contribution < -0.4 is 10.9 Å². The van der Waals surface area contributed by atoms with Crippen molar-refractivity contribution >= 4 is 17.1 Å². The Morgan fingerprint density at radius 2 is 0.957 bits per heavy atom. The number of hydrogen-bond donors (Lipinski definition) is 0. The molecule has 0 heterocycles. The van der Waals surface area contributed by atoms with Gasteiger partial charge in [0.1, 0.15) is 0 Å². The molecular weight excluding hydrogens is 275 g/mol. The second-order valence-electron chi connectivity index (χ2n) is 7.06. The summed E-state index contributed by atoms with van der Waals surface area (Å²) in [6, 6.07) is 22.6. The van der Waals surface area contributed by atoms with Crippen LogP contribution in [0.15, 0.2) is 60.7 Å². The van der Waals surface area contributed by atoms with Crippen LogP contribution in [0, 0.1) is 0 Å². The molecule has 124 valence electrons. The first kappa shape index (κ1) is 17.9. The first-order chi connectivity index (χ1) is 11.3. The first-order valence-electron chi connectivity index (χ1n) is 9.63. The molecule has 0 unspecified atom stereocenters. The van der Waals surface area contributed by atoms with Crippen molar-refractivity contribution in [2.75, 3.05) is 0 Å². The lowest BCUT2D eigenvalue weighted by Gasteiger charge is -2.42. The van der Waals surface area contributed by atoms with Crippen LogP contribution in [0.1, 0.15) is 52.4 Å². The van der Waals surface area contributed by atoms with Gasteiger partial charge in [0, 0.05) is 0 Å². The van der Waals surface area contributed by atoms with Gasteiger partial charge in [0.2, 0.25) is 0 Å². The van der Waals surface area contributed by atoms with Crippen LogP contribution in [-0.2, 0) is 0 Å². The van der Waals surface area contributed by atoms with Gasteiger partial charge in [0.25, 0.3) is 0 Å². The minimum Gasteiger partial charge on any atom is -0.205 e. The van der Waals surface area contributed by atoms with E-state index in [2.05, 4.69) is 74.5 Å². The zero-order valence-electron chi connectivity index (χ0n) is 15.0. The summed E-state index contributed by atoms with van der Waals surface area (Å²) in [4.78, 5) is 0. The Morgan fingerprint density at radius 1 is 0.565 bits per heavy atom. The van der Waals surface area contributed by atoms with E-state index in [-0.39, 0.29) is 0 Å². The molecule has 0 aliphatic rings. The molecule has 0 amide bonds. The predicted octanol–water partition coefficient (Wildman–Crippen LogP) is 5.63. The van der Waals surface area contributed by atoms with Crippen LogP contribution in [0.2, 0.25) is 12.6 Å². The number of benzene rings is 2. The van der Waals surface area contributed by atoms with E-state index in [0.29, 0.717) is 0 Å². The van der Waals surface area contributed by atoms with Crippen LogP contribution >= 0.6 is 0 Å². The van der Waals surface area contributed by atoms with Gasteiger partial charge < -0.3 is 0 Å². The maximum absolute atomic E-state index is 2.37. The Hall–Kier alpha value is -1.50. The second-order valence-corrected chi connectivity index (χ2v) is 7.06. The van der Waals surface area contributed by atoms with E-state index in [9.17, 15) is 0 Å². The number of unbranched alkanes of at least 4 members (excludes halogenated alkanes) is 4. The van der Waals surface area contributed by atoms with Gasteiger partial charge in [-0.1, -0.05) is 113 Å². The molecule has 0 bridgehead atoms. The standard InChI is InChI=1S/C22H32B/c1-3-5-13-19-23(20-14-6-4-2,21-15-9-7-10-16-21)22-17-11-8-12-18-22/h7-12,15-18H,3-6,13-14,19-20H2,1-2H3/q-1. The third kappa shape index (κ3) is 4.74. The molecule has 0 saturated heterocycles. The zero-order valence-corrected chi connectivity index (χ0v) is 15.0. The van der Waals surface area contributed by atoms with E-state index >= 15 is 0 Å². The molecule has 0 saturated carbocycles. The minimum atomic E-state index is -0.627. The third-order valence-corrected chi connectivity index (χ3v) is 5.48. The SMILES string of the molecule is CCCCC[B-](CCCCC)(c1ccccc1)c1ccccc1. The van der Waals surface area contributed by atoms with E-state index in [1.165, 1.54) is 51.2 Å². The van der Waals surface area contributed by atoms with Crippen LogP contribution in [-0.4, -0.2) is 6.15 Å². The Kier molecular flexibility index (Phi) is 7.45. The van der Waals surface area contributed by atoms with Crippen molar-refractivity contribution in [2.24, 2.45) is 0 Å². The highest BCUT2D eigenvalue weighted by Crippen LogP contribution is 2.23. The average molecular weight is 307 g/mol. The molecule has 0 N–H and O–H groups in total. The zero-order chi connectivity index (χ0) is 16.4. The van der Waals surface area contributed by atoms with Crippen LogP contribution in [0.25, 0.3) is 0 Å². The molecular formula is C22H32B-. The van der Waals surface area contributed by atoms with Gasteiger partial charge in [-0.3, -0.25) is 0 Å². The first-order valence-corrected chi connectivity index (χ1v) is 9.63. The minimum absolute atomic E-state index is 0.627. The van der Waals surface area contributed by atoms with Crippen LogP contribution in [0.3, 0.4) is 0 Å². The topological polar surface area (TPSA) is 0 Å². The molecule has 2 aromatic rings. The van der Waals surface area contributed by atoms with Crippen molar-refractivity contribution in [3.05, 3.63) is 60.7 Å². The second kappa shape index (κ2) is 9.60. The summed E-state index contributed by atoms with van der Waals surface area (Å²) in [7, 11) is 0. The van der Waals surface area contributed by atoms with Gasteiger partial charge in [-0.15, -0.1) is 0 Å². The fraction of sp³-hybridized carbons (Fsp3) is 0.455. The van der Waals surface area contributed by atoms with Crippen LogP contribution in [0.5, 0.6) is 0 Å². The normalized spacial score (nSPS) is 11.6. The van der Waals surface area contributed by atoms with E-state index < -0.39 is 6.15 Å². The Balaban J connectivity index is 2.39. The van der Waals surface area contributed by atoms with E-state index in [1.54, 1.807) is 10.9 Å². The fourth-order valence-corrected chi connectivity index (χ4v) is 4.13. The van der Waals surface area contributed by atoms with Crippen molar-refractivity contribution in [1.29, 1.82) is 0 Å². The molecule has 0 nitrogen and oxygen atoms in total. The fourth-order valence-electron chi connectivity index (χ4n) is 4.13. The van der Waals surface area contributed by atoms with Gasteiger partial charge in [-0.25, -0.2) is 10.9 Å². The summed E-state index contributed by atoms with van der Waals surface area (Å²) in [6.07, 6.45) is 9.98. The van der Waals surface area contributed by atoms with Gasteiger partial charge in [-0.05, 0) is 0 Å². The molecule has 2 rings (SSSR count). The summed E-state index contributed by atoms with van der Waals surface area (Å²) in [5.41, 5.74) is 3.12. The van der Waals surface area contributed by atoms with Crippen molar-refractivity contribution in [2.45, 2.75) is 65.0 Å². The molecule has 0 atom stereocenters. The monoisotopic (exact) mass is 307 g/mol. The van der Waals surface area contributed by atoms with Gasteiger partial charge in [-0.2, -0.15) is 12.6 Å². The number of hydrogen-bond acceptors (Lipinski definition) is 0. The highest BCUT2D eigenvalue weighted by atomic mass is 14.1. The quantitative estimate of drug-likeness (QED) is 0.394. The van der Waals surface area contributed by atoms with Crippen molar-refractivity contribution in [3.8, 4) is 0 Å². The molecule has 1 heteroatoms. The highest BCUT2D eigenvalue weighted by Gasteiger charge is 2.26. The van der Waals surface area contributed by atoms with E-state index in [0.717, 1.165) is 0 Å². The Bertz CT molecular complexity index is 481. The molecule has 0 aromatic heterocycles. The molecule has 0 fully saturated rings. The van der Waals surface area contributed by atoms with E-state index in [4.69, 9.17) is 0 Å². The summed E-state index contributed by atoms with van der Waals surface area (Å²) in [5.74, 6) is 0. The van der Waals surface area contributed by atoms with Crippen molar-refractivity contribution in [3.63, 3.8) is 0 Å². The smallest absolute Gasteiger partial charge is 0.0544 e. The highest BCUT2D eigenvalue weighted by molar-refractivity contribution is 7.02. The molecule has 0 aliphatic heterocycles. The maximum atomic E-state index is 2.37. The van der Waals surface area contributed by atoms with E-state index in [1.807, 2.05) is 0 Å². The summed E-state index contributed by atoms with van der Waals surface area (Å²) >= 11 is 0. The summed E-state index contributed by atoms with van der Waals surface area (Å²) < 4.78 is 0. The predicted molar refractivity (Wildman–Crippen MR) is 107 cm³/mol. The summed E-state index contributed by atoms with van der Waals surface area (Å²) in [5, 5.41) is 0. The molecule has 0 spiro atoms. The largest absolute Gasteiger partial charge is 0.205 e. The lowest BCUT2D eigenvalue weighted by atomic mass is 9.15. The van der Waals surface area contributed by atoms with Gasteiger partial charge in [0.05, 0.1) is 6.15 Å².